The Balaban J connectivity index is 1.37. The van der Waals surface area contributed by atoms with Crippen molar-refractivity contribution in [2.75, 3.05) is 19.8 Å². The minimum Gasteiger partial charge on any atom is -0.493 e. The average molecular weight is 401 g/mol. The third-order valence-corrected chi connectivity index (χ3v) is 5.63. The van der Waals surface area contributed by atoms with Crippen molar-refractivity contribution in [3.8, 4) is 5.75 Å². The van der Waals surface area contributed by atoms with Crippen LogP contribution in [0.2, 0.25) is 0 Å². The van der Waals surface area contributed by atoms with Gasteiger partial charge in [0, 0.05) is 18.0 Å². The lowest BCUT2D eigenvalue weighted by molar-refractivity contribution is -0.151. The molecule has 1 atom stereocenters. The lowest BCUT2D eigenvalue weighted by Gasteiger charge is -2.33. The van der Waals surface area contributed by atoms with Gasteiger partial charge in [-0.25, -0.2) is 4.79 Å². The molecule has 1 aromatic rings. The van der Waals surface area contributed by atoms with Crippen LogP contribution in [0.5, 0.6) is 5.75 Å². The number of nitrogens with one attached hydrogen (secondary N) is 2. The van der Waals surface area contributed by atoms with E-state index < -0.39 is 36.6 Å². The summed E-state index contributed by atoms with van der Waals surface area (Å²) >= 11 is 0. The molecular formula is C20H23N3O6. The number of hydrogen-bond acceptors (Lipinski definition) is 6. The predicted octanol–water partition coefficient (Wildman–Crippen LogP) is 0.818. The average Bonchev–Trinajstić information content (AvgIpc) is 3.30. The second-order valence-corrected chi connectivity index (χ2v) is 7.53. The molecule has 0 radical (unpaired) electrons. The molecule has 4 rings (SSSR count). The lowest BCUT2D eigenvalue weighted by Crippen LogP contribution is -2.47. The summed E-state index contributed by atoms with van der Waals surface area (Å²) in [6.07, 6.45) is 4.27. The highest BCUT2D eigenvalue weighted by Gasteiger charge is 2.55. The molecule has 29 heavy (non-hydrogen) atoms. The van der Waals surface area contributed by atoms with Crippen molar-refractivity contribution in [2.45, 2.75) is 43.7 Å². The number of carbonyl (C=O) groups is 4. The largest absolute Gasteiger partial charge is 0.493 e. The quantitative estimate of drug-likeness (QED) is 0.558. The summed E-state index contributed by atoms with van der Waals surface area (Å²) in [6.45, 7) is -0.713. The Labute approximate surface area is 167 Å². The van der Waals surface area contributed by atoms with Gasteiger partial charge in [-0.2, -0.15) is 0 Å². The molecule has 154 valence electrons. The van der Waals surface area contributed by atoms with Crippen molar-refractivity contribution >= 4 is 23.8 Å². The number of nitrogens with zero attached hydrogens (tertiary/aromatic N) is 1. The van der Waals surface area contributed by atoms with Gasteiger partial charge in [0.15, 0.2) is 12.1 Å². The maximum absolute atomic E-state index is 13.1. The Kier molecular flexibility index (Phi) is 5.12. The van der Waals surface area contributed by atoms with E-state index in [2.05, 4.69) is 10.6 Å². The number of hydrogen-bond donors (Lipinski definition) is 2. The second kappa shape index (κ2) is 7.73. The van der Waals surface area contributed by atoms with Crippen LogP contribution in [0.3, 0.4) is 0 Å². The fourth-order valence-corrected chi connectivity index (χ4v) is 4.18. The maximum atomic E-state index is 13.1. The molecule has 0 bridgehead atoms. The third kappa shape index (κ3) is 3.64. The van der Waals surface area contributed by atoms with Crippen LogP contribution in [-0.4, -0.2) is 54.5 Å². The molecule has 2 aliphatic heterocycles. The summed E-state index contributed by atoms with van der Waals surface area (Å²) in [5.41, 5.74) is -0.678. The predicted molar refractivity (Wildman–Crippen MR) is 99.8 cm³/mol. The maximum Gasteiger partial charge on any atom is 0.326 e. The highest BCUT2D eigenvalue weighted by Crippen LogP contribution is 2.40. The van der Waals surface area contributed by atoms with E-state index in [0.717, 1.165) is 30.6 Å². The Morgan fingerprint density at radius 1 is 1.24 bits per heavy atom. The Hall–Kier alpha value is -3.10. The molecule has 4 amide bonds. The number of ether oxygens (including phenoxy) is 2. The Morgan fingerprint density at radius 2 is 2.00 bits per heavy atom. The molecular weight excluding hydrogens is 378 g/mol. The number of imide groups is 1. The van der Waals surface area contributed by atoms with Gasteiger partial charge in [-0.05, 0) is 18.9 Å². The number of rotatable bonds is 5. The summed E-state index contributed by atoms with van der Waals surface area (Å²) in [6, 6.07) is 6.45. The molecule has 3 aliphatic rings. The molecule has 2 fully saturated rings. The van der Waals surface area contributed by atoms with Crippen LogP contribution in [0, 0.1) is 0 Å². The summed E-state index contributed by atoms with van der Waals surface area (Å²) in [7, 11) is 0. The fraction of sp³-hybridized carbons (Fsp3) is 0.500. The van der Waals surface area contributed by atoms with Gasteiger partial charge >= 0.3 is 12.0 Å². The van der Waals surface area contributed by atoms with Gasteiger partial charge in [0.05, 0.1) is 6.61 Å². The summed E-state index contributed by atoms with van der Waals surface area (Å²) in [5, 5.41) is 5.53. The highest BCUT2D eigenvalue weighted by molar-refractivity contribution is 6.09. The molecule has 1 saturated heterocycles. The third-order valence-electron chi connectivity index (χ3n) is 5.63. The van der Waals surface area contributed by atoms with E-state index in [1.165, 1.54) is 0 Å². The minimum atomic E-state index is -1.24. The van der Waals surface area contributed by atoms with Crippen molar-refractivity contribution < 1.29 is 28.7 Å². The zero-order chi connectivity index (χ0) is 20.4. The van der Waals surface area contributed by atoms with E-state index in [9.17, 15) is 19.2 Å². The Bertz CT molecular complexity index is 850. The standard InChI is InChI=1S/C20H23N3O6/c24-16(21-13-5-1-2-6-13)12-29-17(25)11-23-18(26)20(22-19(23)27)9-10-28-15-8-4-3-7-14(15)20/h3-4,7-8,13H,1-2,5-6,9-12H2,(H,21,24)(H,22,27)/t20-/m1/s1. The van der Waals surface area contributed by atoms with E-state index in [1.807, 2.05) is 0 Å². The SMILES string of the molecule is O=C(COC(=O)CN1C(=O)N[C@@]2(CCOc3ccccc32)C1=O)NC1CCCC1. The van der Waals surface area contributed by atoms with Gasteiger partial charge in [0.25, 0.3) is 11.8 Å². The van der Waals surface area contributed by atoms with Crippen molar-refractivity contribution in [2.24, 2.45) is 0 Å². The molecule has 1 aromatic carbocycles. The Morgan fingerprint density at radius 3 is 2.79 bits per heavy atom. The van der Waals surface area contributed by atoms with E-state index in [4.69, 9.17) is 9.47 Å². The summed E-state index contributed by atoms with van der Waals surface area (Å²) in [4.78, 5) is 50.4. The van der Waals surface area contributed by atoms with Crippen LogP contribution < -0.4 is 15.4 Å². The highest BCUT2D eigenvalue weighted by atomic mass is 16.5. The first-order valence-electron chi connectivity index (χ1n) is 9.81. The summed E-state index contributed by atoms with van der Waals surface area (Å²) in [5.74, 6) is -1.18. The zero-order valence-corrected chi connectivity index (χ0v) is 15.9. The molecule has 1 aliphatic carbocycles. The van der Waals surface area contributed by atoms with Crippen LogP contribution in [-0.2, 0) is 24.7 Å². The fourth-order valence-electron chi connectivity index (χ4n) is 4.18. The molecule has 0 aromatic heterocycles. The topological polar surface area (TPSA) is 114 Å². The molecule has 2 N–H and O–H groups in total. The van der Waals surface area contributed by atoms with Gasteiger partial charge in [-0.1, -0.05) is 31.0 Å². The number of benzene rings is 1. The van der Waals surface area contributed by atoms with Crippen LogP contribution in [0.1, 0.15) is 37.7 Å². The number of esters is 1. The molecule has 0 unspecified atom stereocenters. The first kappa shape index (κ1) is 19.2. The molecule has 9 nitrogen and oxygen atoms in total. The lowest BCUT2D eigenvalue weighted by atomic mass is 9.84. The first-order chi connectivity index (χ1) is 14.0. The van der Waals surface area contributed by atoms with Crippen molar-refractivity contribution in [3.05, 3.63) is 29.8 Å². The van der Waals surface area contributed by atoms with Gasteiger partial charge < -0.3 is 20.1 Å². The molecule has 1 saturated carbocycles. The molecule has 9 heteroatoms. The first-order valence-corrected chi connectivity index (χ1v) is 9.81. The van der Waals surface area contributed by atoms with Crippen molar-refractivity contribution in [1.29, 1.82) is 0 Å². The second-order valence-electron chi connectivity index (χ2n) is 7.53. The van der Waals surface area contributed by atoms with Gasteiger partial charge in [0.2, 0.25) is 0 Å². The summed E-state index contributed by atoms with van der Waals surface area (Å²) < 4.78 is 10.5. The normalized spacial score (nSPS) is 23.5. The van der Waals surface area contributed by atoms with Crippen LogP contribution in [0.4, 0.5) is 4.79 Å². The van der Waals surface area contributed by atoms with Crippen molar-refractivity contribution in [1.82, 2.24) is 15.5 Å². The molecule has 1 spiro atoms. The van der Waals surface area contributed by atoms with Crippen LogP contribution >= 0.6 is 0 Å². The van der Waals surface area contributed by atoms with E-state index in [-0.39, 0.29) is 25.0 Å². The van der Waals surface area contributed by atoms with E-state index >= 15 is 0 Å². The van der Waals surface area contributed by atoms with Gasteiger partial charge in [-0.3, -0.25) is 19.3 Å². The van der Waals surface area contributed by atoms with E-state index in [0.29, 0.717) is 11.3 Å². The monoisotopic (exact) mass is 401 g/mol. The van der Waals surface area contributed by atoms with Crippen molar-refractivity contribution in [3.63, 3.8) is 0 Å². The minimum absolute atomic E-state index is 0.126. The number of urea groups is 1. The smallest absolute Gasteiger partial charge is 0.326 e. The molecule has 2 heterocycles. The van der Waals surface area contributed by atoms with Gasteiger partial charge in [0.1, 0.15) is 12.3 Å². The zero-order valence-electron chi connectivity index (χ0n) is 15.9. The number of carbonyl (C=O) groups excluding carboxylic acids is 4. The number of amides is 4. The van der Waals surface area contributed by atoms with Crippen LogP contribution in [0.15, 0.2) is 24.3 Å². The van der Waals surface area contributed by atoms with Crippen LogP contribution in [0.25, 0.3) is 0 Å². The number of para-hydroxylation sites is 1. The van der Waals surface area contributed by atoms with E-state index in [1.54, 1.807) is 24.3 Å². The number of fused-ring (bicyclic) bond motifs is 2. The van der Waals surface area contributed by atoms with Gasteiger partial charge in [-0.15, -0.1) is 0 Å².